The molecule has 0 heterocycles. The predicted molar refractivity (Wildman–Crippen MR) is 53.8 cm³/mol. The second kappa shape index (κ2) is 4.74. The second-order valence-electron chi connectivity index (χ2n) is 3.19. The fourth-order valence-electron chi connectivity index (χ4n) is 1.18. The van der Waals surface area contributed by atoms with Crippen molar-refractivity contribution in [1.82, 2.24) is 0 Å². The van der Waals surface area contributed by atoms with E-state index in [2.05, 4.69) is 5.32 Å². The molecule has 0 unspecified atom stereocenters. The number of alkyl halides is 3. The number of nitriles is 1. The van der Waals surface area contributed by atoms with E-state index < -0.39 is 23.2 Å². The number of rotatable bonds is 3. The van der Waals surface area contributed by atoms with E-state index in [0.29, 0.717) is 0 Å². The molecular weight excluding hydrogens is 235 g/mol. The van der Waals surface area contributed by atoms with Crippen LogP contribution in [0.25, 0.3) is 0 Å². The van der Waals surface area contributed by atoms with Gasteiger partial charge in [0.25, 0.3) is 0 Å². The minimum absolute atomic E-state index is 0.212. The summed E-state index contributed by atoms with van der Waals surface area (Å²) in [5.41, 5.74) is 3.58. The van der Waals surface area contributed by atoms with Crippen molar-refractivity contribution in [3.63, 3.8) is 0 Å². The van der Waals surface area contributed by atoms with Gasteiger partial charge in [-0.1, -0.05) is 0 Å². The average Bonchev–Trinajstić information content (AvgIpc) is 2.24. The van der Waals surface area contributed by atoms with Gasteiger partial charge in [0.05, 0.1) is 23.7 Å². The Morgan fingerprint density at radius 3 is 2.59 bits per heavy atom. The smallest absolute Gasteiger partial charge is 0.376 e. The minimum Gasteiger partial charge on any atom is -0.376 e. The van der Waals surface area contributed by atoms with Crippen LogP contribution in [0.2, 0.25) is 0 Å². The van der Waals surface area contributed by atoms with Crippen molar-refractivity contribution < 1.29 is 18.0 Å². The molecule has 0 aliphatic carbocycles. The van der Waals surface area contributed by atoms with Gasteiger partial charge in [-0.05, 0) is 18.2 Å². The molecule has 0 saturated carbocycles. The van der Waals surface area contributed by atoms with Crippen LogP contribution in [0.15, 0.2) is 18.2 Å². The van der Waals surface area contributed by atoms with E-state index in [1.807, 2.05) is 0 Å². The van der Waals surface area contributed by atoms with Crippen molar-refractivity contribution in [2.45, 2.75) is 6.18 Å². The van der Waals surface area contributed by atoms with Gasteiger partial charge in [-0.3, -0.25) is 4.79 Å². The number of carbonyl (C=O) groups excluding carboxylic acids is 1. The largest absolute Gasteiger partial charge is 0.417 e. The zero-order valence-corrected chi connectivity index (χ0v) is 8.51. The van der Waals surface area contributed by atoms with E-state index in [1.165, 1.54) is 6.07 Å². The number of nitrogens with two attached hydrogens (primary N) is 1. The third-order valence-electron chi connectivity index (χ3n) is 1.91. The topological polar surface area (TPSA) is 78.9 Å². The monoisotopic (exact) mass is 243 g/mol. The molecule has 0 bridgehead atoms. The zero-order valence-electron chi connectivity index (χ0n) is 8.51. The van der Waals surface area contributed by atoms with Gasteiger partial charge < -0.3 is 11.1 Å². The van der Waals surface area contributed by atoms with Gasteiger partial charge in [-0.15, -0.1) is 0 Å². The molecule has 1 amide bonds. The van der Waals surface area contributed by atoms with Crippen LogP contribution in [0, 0.1) is 11.3 Å². The van der Waals surface area contributed by atoms with Gasteiger partial charge in [0.15, 0.2) is 0 Å². The summed E-state index contributed by atoms with van der Waals surface area (Å²) in [4.78, 5) is 10.5. The fourth-order valence-corrected chi connectivity index (χ4v) is 1.18. The summed E-state index contributed by atoms with van der Waals surface area (Å²) >= 11 is 0. The summed E-state index contributed by atoms with van der Waals surface area (Å²) in [6, 6.07) is 4.38. The van der Waals surface area contributed by atoms with E-state index in [-0.39, 0.29) is 12.2 Å². The fraction of sp³-hybridized carbons (Fsp3) is 0.200. The van der Waals surface area contributed by atoms with Crippen molar-refractivity contribution in [3.05, 3.63) is 29.3 Å². The molecule has 4 nitrogen and oxygen atoms in total. The number of hydrogen-bond acceptors (Lipinski definition) is 3. The molecule has 1 rings (SSSR count). The molecule has 0 radical (unpaired) electrons. The Hall–Kier alpha value is -2.23. The molecule has 0 saturated heterocycles. The maximum absolute atomic E-state index is 12.4. The number of carbonyl (C=O) groups is 1. The lowest BCUT2D eigenvalue weighted by atomic mass is 10.1. The molecule has 0 aromatic heterocycles. The first-order valence-electron chi connectivity index (χ1n) is 4.48. The number of nitrogens with zero attached hydrogens (tertiary/aromatic N) is 1. The number of nitrogens with one attached hydrogen (secondary N) is 1. The Labute approximate surface area is 94.8 Å². The second-order valence-corrected chi connectivity index (χ2v) is 3.19. The lowest BCUT2D eigenvalue weighted by molar-refractivity contribution is -0.137. The van der Waals surface area contributed by atoms with Crippen LogP contribution in [0.1, 0.15) is 11.1 Å². The summed E-state index contributed by atoms with van der Waals surface area (Å²) < 4.78 is 37.3. The molecule has 17 heavy (non-hydrogen) atoms. The Morgan fingerprint density at radius 1 is 1.47 bits per heavy atom. The van der Waals surface area contributed by atoms with Gasteiger partial charge in [0, 0.05) is 5.69 Å². The molecule has 0 aliphatic rings. The van der Waals surface area contributed by atoms with Gasteiger partial charge in [0.1, 0.15) is 0 Å². The van der Waals surface area contributed by atoms with Crippen LogP contribution in [0.3, 0.4) is 0 Å². The van der Waals surface area contributed by atoms with E-state index >= 15 is 0 Å². The van der Waals surface area contributed by atoms with Gasteiger partial charge in [-0.2, -0.15) is 18.4 Å². The lowest BCUT2D eigenvalue weighted by Gasteiger charge is -2.10. The normalized spacial score (nSPS) is 10.7. The highest BCUT2D eigenvalue weighted by atomic mass is 19.4. The van der Waals surface area contributed by atoms with E-state index in [9.17, 15) is 18.0 Å². The SMILES string of the molecule is N#Cc1cc(NCC(N)=O)ccc1C(F)(F)F. The highest BCUT2D eigenvalue weighted by Crippen LogP contribution is 2.32. The first-order valence-corrected chi connectivity index (χ1v) is 4.48. The third kappa shape index (κ3) is 3.38. The Balaban J connectivity index is 3.02. The zero-order chi connectivity index (χ0) is 13.1. The van der Waals surface area contributed by atoms with Crippen molar-refractivity contribution in [2.75, 3.05) is 11.9 Å². The predicted octanol–water partition coefficient (Wildman–Crippen LogP) is 1.47. The summed E-state index contributed by atoms with van der Waals surface area (Å²) in [6.07, 6.45) is -4.58. The standard InChI is InChI=1S/C10H8F3N3O/c11-10(12,13)8-2-1-7(3-6(8)4-14)16-5-9(15)17/h1-3,16H,5H2,(H2,15,17). The highest BCUT2D eigenvalue weighted by molar-refractivity contribution is 5.78. The molecule has 1 aromatic rings. The van der Waals surface area contributed by atoms with Crippen LogP contribution in [0.5, 0.6) is 0 Å². The average molecular weight is 243 g/mol. The van der Waals surface area contributed by atoms with Crippen molar-refractivity contribution >= 4 is 11.6 Å². The van der Waals surface area contributed by atoms with Crippen LogP contribution < -0.4 is 11.1 Å². The molecule has 0 spiro atoms. The van der Waals surface area contributed by atoms with Crippen LogP contribution in [-0.4, -0.2) is 12.5 Å². The molecule has 0 aliphatic heterocycles. The number of halogens is 3. The first kappa shape index (κ1) is 12.8. The van der Waals surface area contributed by atoms with Gasteiger partial charge in [-0.25, -0.2) is 0 Å². The molecule has 1 aromatic carbocycles. The number of anilines is 1. The Bertz CT molecular complexity index is 477. The van der Waals surface area contributed by atoms with Crippen molar-refractivity contribution in [3.8, 4) is 6.07 Å². The Morgan fingerprint density at radius 2 is 2.12 bits per heavy atom. The third-order valence-corrected chi connectivity index (χ3v) is 1.91. The maximum Gasteiger partial charge on any atom is 0.417 e. The maximum atomic E-state index is 12.4. The first-order chi connectivity index (χ1) is 7.84. The van der Waals surface area contributed by atoms with E-state index in [0.717, 1.165) is 18.2 Å². The summed E-state index contributed by atoms with van der Waals surface area (Å²) in [6.45, 7) is -0.212. The number of hydrogen-bond donors (Lipinski definition) is 2. The van der Waals surface area contributed by atoms with Gasteiger partial charge in [0.2, 0.25) is 5.91 Å². The summed E-state index contributed by atoms with van der Waals surface area (Å²) in [7, 11) is 0. The quantitative estimate of drug-likeness (QED) is 0.843. The molecule has 90 valence electrons. The van der Waals surface area contributed by atoms with Crippen LogP contribution >= 0.6 is 0 Å². The molecule has 7 heteroatoms. The van der Waals surface area contributed by atoms with E-state index in [4.69, 9.17) is 11.0 Å². The number of primary amides is 1. The van der Waals surface area contributed by atoms with Crippen LogP contribution in [0.4, 0.5) is 18.9 Å². The van der Waals surface area contributed by atoms with E-state index in [1.54, 1.807) is 0 Å². The number of benzene rings is 1. The highest BCUT2D eigenvalue weighted by Gasteiger charge is 2.33. The van der Waals surface area contributed by atoms with Crippen molar-refractivity contribution in [2.24, 2.45) is 5.73 Å². The van der Waals surface area contributed by atoms with Crippen LogP contribution in [-0.2, 0) is 11.0 Å². The van der Waals surface area contributed by atoms with Gasteiger partial charge >= 0.3 is 6.18 Å². The molecule has 0 fully saturated rings. The minimum atomic E-state index is -4.58. The molecular formula is C10H8F3N3O. The Kier molecular flexibility index (Phi) is 3.58. The molecule has 0 atom stereocenters. The summed E-state index contributed by atoms with van der Waals surface area (Å²) in [5, 5.41) is 11.1. The summed E-state index contributed by atoms with van der Waals surface area (Å²) in [5.74, 6) is -0.650. The molecule has 3 N–H and O–H groups in total. The van der Waals surface area contributed by atoms with Crippen molar-refractivity contribution in [1.29, 1.82) is 5.26 Å². The lowest BCUT2D eigenvalue weighted by Crippen LogP contribution is -2.22. The number of amides is 1.